The van der Waals surface area contributed by atoms with Crippen LogP contribution in [0.15, 0.2) is 42.5 Å². The first-order valence-corrected chi connectivity index (χ1v) is 11.1. The molecule has 0 radical (unpaired) electrons. The van der Waals surface area contributed by atoms with Crippen LogP contribution in [0.4, 0.5) is 10.7 Å². The molecular weight excluding hydrogens is 400 g/mol. The fraction of sp³-hybridized carbons (Fsp3) is 0.348. The molecule has 0 spiro atoms. The van der Waals surface area contributed by atoms with Crippen LogP contribution in [0.5, 0.6) is 0 Å². The lowest BCUT2D eigenvalue weighted by atomic mass is 9.82. The van der Waals surface area contributed by atoms with E-state index in [1.807, 2.05) is 42.5 Å². The molecule has 1 saturated carbocycles. The summed E-state index contributed by atoms with van der Waals surface area (Å²) in [6.45, 7) is 0. The Morgan fingerprint density at radius 2 is 1.70 bits per heavy atom. The molecule has 3 aliphatic rings. The first kappa shape index (κ1) is 19.1. The Bertz CT molecular complexity index is 1060. The molecule has 1 heterocycles. The average Bonchev–Trinajstić information content (AvgIpc) is 3.48. The minimum Gasteiger partial charge on any atom is -0.481 e. The molecule has 1 fully saturated rings. The van der Waals surface area contributed by atoms with E-state index in [-0.39, 0.29) is 23.7 Å². The van der Waals surface area contributed by atoms with E-state index in [1.54, 1.807) is 0 Å². The van der Waals surface area contributed by atoms with E-state index < -0.39 is 17.8 Å². The molecule has 6 nitrogen and oxygen atoms in total. The molecule has 0 aliphatic heterocycles. The molecule has 4 atom stereocenters. The monoisotopic (exact) mass is 422 g/mol. The SMILES string of the molecule is O=C(Nc1ccccc1)c1c(NC(=O)[C@@H]2[C@H](C(=O)O)[C@@H]3C=C[C@H]2C3)sc2c1CCC2. The molecule has 3 N–H and O–H groups in total. The van der Waals surface area contributed by atoms with Gasteiger partial charge in [0.1, 0.15) is 5.00 Å². The van der Waals surface area contributed by atoms with Crippen molar-refractivity contribution in [3.8, 4) is 0 Å². The van der Waals surface area contributed by atoms with E-state index >= 15 is 0 Å². The number of para-hydroxylation sites is 1. The number of carbonyl (C=O) groups is 3. The molecule has 2 amide bonds. The summed E-state index contributed by atoms with van der Waals surface area (Å²) in [6.07, 6.45) is 7.30. The molecular formula is C23H22N2O4S. The number of hydrogen-bond donors (Lipinski definition) is 3. The van der Waals surface area contributed by atoms with Crippen molar-refractivity contribution < 1.29 is 19.5 Å². The van der Waals surface area contributed by atoms with Crippen molar-refractivity contribution in [1.29, 1.82) is 0 Å². The summed E-state index contributed by atoms with van der Waals surface area (Å²) >= 11 is 1.45. The lowest BCUT2D eigenvalue weighted by Gasteiger charge is -2.23. The quantitative estimate of drug-likeness (QED) is 0.636. The molecule has 2 bridgehead atoms. The number of benzene rings is 1. The first-order valence-electron chi connectivity index (χ1n) is 10.3. The zero-order valence-corrected chi connectivity index (χ0v) is 17.1. The van der Waals surface area contributed by atoms with Crippen molar-refractivity contribution in [2.75, 3.05) is 10.6 Å². The number of rotatable bonds is 5. The molecule has 0 unspecified atom stereocenters. The van der Waals surface area contributed by atoms with Crippen LogP contribution in [0.25, 0.3) is 0 Å². The predicted octanol–water partition coefficient (Wildman–Crippen LogP) is 3.95. The minimum atomic E-state index is -0.928. The van der Waals surface area contributed by atoms with Gasteiger partial charge in [-0.15, -0.1) is 11.3 Å². The molecule has 3 aliphatic carbocycles. The number of amides is 2. The molecule has 5 rings (SSSR count). The van der Waals surface area contributed by atoms with Gasteiger partial charge in [-0.3, -0.25) is 14.4 Å². The normalized spacial score (nSPS) is 25.9. The van der Waals surface area contributed by atoms with Crippen LogP contribution in [-0.4, -0.2) is 22.9 Å². The maximum Gasteiger partial charge on any atom is 0.307 e. The molecule has 30 heavy (non-hydrogen) atoms. The minimum absolute atomic E-state index is 0.0514. The van der Waals surface area contributed by atoms with Crippen LogP contribution in [0.3, 0.4) is 0 Å². The van der Waals surface area contributed by atoms with Crippen molar-refractivity contribution in [3.05, 3.63) is 58.5 Å². The van der Waals surface area contributed by atoms with Gasteiger partial charge in [0.05, 0.1) is 17.4 Å². The lowest BCUT2D eigenvalue weighted by Crippen LogP contribution is -2.36. The van der Waals surface area contributed by atoms with E-state index in [9.17, 15) is 19.5 Å². The maximum atomic E-state index is 13.1. The smallest absolute Gasteiger partial charge is 0.307 e. The third kappa shape index (κ3) is 3.13. The maximum absolute atomic E-state index is 13.1. The molecule has 154 valence electrons. The van der Waals surface area contributed by atoms with Crippen molar-refractivity contribution in [3.63, 3.8) is 0 Å². The van der Waals surface area contributed by atoms with E-state index in [2.05, 4.69) is 10.6 Å². The van der Waals surface area contributed by atoms with Gasteiger partial charge in [-0.2, -0.15) is 0 Å². The van der Waals surface area contributed by atoms with Crippen LogP contribution < -0.4 is 10.6 Å². The second-order valence-corrected chi connectivity index (χ2v) is 9.31. The van der Waals surface area contributed by atoms with Crippen LogP contribution in [0, 0.1) is 23.7 Å². The average molecular weight is 423 g/mol. The van der Waals surface area contributed by atoms with E-state index in [0.29, 0.717) is 22.7 Å². The number of carbonyl (C=O) groups excluding carboxylic acids is 2. The lowest BCUT2D eigenvalue weighted by molar-refractivity contribution is -0.146. The van der Waals surface area contributed by atoms with Crippen LogP contribution >= 0.6 is 11.3 Å². The zero-order valence-electron chi connectivity index (χ0n) is 16.3. The summed E-state index contributed by atoms with van der Waals surface area (Å²) in [4.78, 5) is 39.1. The van der Waals surface area contributed by atoms with Gasteiger partial charge in [0, 0.05) is 10.6 Å². The highest BCUT2D eigenvalue weighted by atomic mass is 32.1. The molecule has 1 aromatic heterocycles. The number of thiophene rings is 1. The fourth-order valence-electron chi connectivity index (χ4n) is 5.16. The van der Waals surface area contributed by atoms with Gasteiger partial charge in [0.2, 0.25) is 5.91 Å². The number of carboxylic acid groups (broad SMARTS) is 1. The zero-order chi connectivity index (χ0) is 20.8. The van der Waals surface area contributed by atoms with Crippen LogP contribution in [0.1, 0.15) is 33.6 Å². The Morgan fingerprint density at radius 3 is 2.43 bits per heavy atom. The summed E-state index contributed by atoms with van der Waals surface area (Å²) < 4.78 is 0. The second kappa shape index (κ2) is 7.40. The Kier molecular flexibility index (Phi) is 4.70. The van der Waals surface area contributed by atoms with Gasteiger partial charge in [-0.25, -0.2) is 0 Å². The van der Waals surface area contributed by atoms with Gasteiger partial charge in [-0.05, 0) is 55.2 Å². The number of hydrogen-bond acceptors (Lipinski definition) is 4. The van der Waals surface area contributed by atoms with Gasteiger partial charge >= 0.3 is 5.97 Å². The third-order valence-electron chi connectivity index (χ3n) is 6.46. The highest BCUT2D eigenvalue weighted by Gasteiger charge is 2.51. The van der Waals surface area contributed by atoms with Gasteiger partial charge in [0.15, 0.2) is 0 Å². The summed E-state index contributed by atoms with van der Waals surface area (Å²) in [5.74, 6) is -2.90. The van der Waals surface area contributed by atoms with Crippen LogP contribution in [0.2, 0.25) is 0 Å². The summed E-state index contributed by atoms with van der Waals surface area (Å²) in [6, 6.07) is 9.23. The Labute approximate surface area is 178 Å². The second-order valence-electron chi connectivity index (χ2n) is 8.21. The summed E-state index contributed by atoms with van der Waals surface area (Å²) in [5.41, 5.74) is 2.23. The molecule has 2 aromatic rings. The number of carboxylic acids is 1. The predicted molar refractivity (Wildman–Crippen MR) is 115 cm³/mol. The summed E-state index contributed by atoms with van der Waals surface area (Å²) in [7, 11) is 0. The molecule has 0 saturated heterocycles. The molecule has 7 heteroatoms. The number of fused-ring (bicyclic) bond motifs is 3. The fourth-order valence-corrected chi connectivity index (χ4v) is 6.45. The van der Waals surface area contributed by atoms with Gasteiger partial charge in [0.25, 0.3) is 5.91 Å². The number of allylic oxidation sites excluding steroid dienone is 2. The molecule has 1 aromatic carbocycles. The van der Waals surface area contributed by atoms with Crippen molar-refractivity contribution in [2.24, 2.45) is 23.7 Å². The number of nitrogens with one attached hydrogen (secondary N) is 2. The largest absolute Gasteiger partial charge is 0.481 e. The van der Waals surface area contributed by atoms with Gasteiger partial charge < -0.3 is 15.7 Å². The van der Waals surface area contributed by atoms with E-state index in [4.69, 9.17) is 0 Å². The Balaban J connectivity index is 1.42. The van der Waals surface area contributed by atoms with Crippen molar-refractivity contribution >= 4 is 39.8 Å². The van der Waals surface area contributed by atoms with E-state index in [0.717, 1.165) is 29.7 Å². The highest BCUT2D eigenvalue weighted by molar-refractivity contribution is 7.17. The number of anilines is 2. The van der Waals surface area contributed by atoms with Gasteiger partial charge in [-0.1, -0.05) is 30.4 Å². The standard InChI is InChI=1S/C23H22N2O4S/c26-20(17-12-9-10-13(11-12)18(17)23(28)29)25-22-19(15-7-4-8-16(15)30-22)21(27)24-14-5-2-1-3-6-14/h1-3,5-6,9-10,12-13,17-18H,4,7-8,11H2,(H,24,27)(H,25,26)(H,28,29)/t12-,13+,17-,18+/m0/s1. The highest BCUT2D eigenvalue weighted by Crippen LogP contribution is 2.49. The van der Waals surface area contributed by atoms with Crippen molar-refractivity contribution in [1.82, 2.24) is 0 Å². The van der Waals surface area contributed by atoms with Crippen molar-refractivity contribution in [2.45, 2.75) is 25.7 Å². The topological polar surface area (TPSA) is 95.5 Å². The Morgan fingerprint density at radius 1 is 0.967 bits per heavy atom. The van der Waals surface area contributed by atoms with Crippen LogP contribution in [-0.2, 0) is 22.4 Å². The summed E-state index contributed by atoms with van der Waals surface area (Å²) in [5, 5.41) is 16.0. The number of aryl methyl sites for hydroxylation is 1. The van der Waals surface area contributed by atoms with E-state index in [1.165, 1.54) is 11.3 Å². The number of aliphatic carboxylic acids is 1. The third-order valence-corrected chi connectivity index (χ3v) is 7.67. The Hall–Kier alpha value is -2.93. The first-order chi connectivity index (χ1) is 14.5.